The number of fused-ring (bicyclic) bond motifs is 1. The summed E-state index contributed by atoms with van der Waals surface area (Å²) in [4.78, 5) is 5.18. The van der Waals surface area contributed by atoms with E-state index in [-0.39, 0.29) is 5.75 Å². The average Bonchev–Trinajstić information content (AvgIpc) is 3.00. The fraction of sp³-hybridized carbons (Fsp3) is 0.154. The lowest BCUT2D eigenvalue weighted by molar-refractivity contribution is 0.395. The van der Waals surface area contributed by atoms with Crippen molar-refractivity contribution in [1.82, 2.24) is 9.38 Å². The van der Waals surface area contributed by atoms with Crippen LogP contribution >= 0.6 is 11.3 Å². The van der Waals surface area contributed by atoms with Gasteiger partial charge in [-0.05, 0) is 12.1 Å². The second kappa shape index (κ2) is 5.01. The average molecular weight is 293 g/mol. The van der Waals surface area contributed by atoms with Crippen LogP contribution in [0.25, 0.3) is 4.96 Å². The minimum atomic E-state index is -0.657. The molecular formula is C13H12FN3O2S. The molecule has 0 unspecified atom stereocenters. The number of hydrogen-bond acceptors (Lipinski definition) is 5. The summed E-state index contributed by atoms with van der Waals surface area (Å²) in [6.07, 6.45) is 1.91. The maximum atomic E-state index is 13.3. The molecule has 0 aliphatic carbocycles. The Morgan fingerprint density at radius 1 is 1.50 bits per heavy atom. The highest BCUT2D eigenvalue weighted by molar-refractivity contribution is 7.15. The molecule has 0 saturated heterocycles. The first kappa shape index (κ1) is 12.7. The molecule has 0 saturated carbocycles. The molecule has 0 radical (unpaired) electrons. The van der Waals surface area contributed by atoms with E-state index >= 15 is 0 Å². The maximum Gasteiger partial charge on any atom is 0.238 e. The number of thiazole rings is 1. The van der Waals surface area contributed by atoms with Gasteiger partial charge in [0.05, 0.1) is 13.7 Å². The second-order valence-corrected chi connectivity index (χ2v) is 5.02. The largest absolute Gasteiger partial charge is 0.505 e. The highest BCUT2D eigenvalue weighted by atomic mass is 32.1. The number of aromatic hydroxyl groups is 1. The third kappa shape index (κ3) is 2.16. The van der Waals surface area contributed by atoms with Crippen LogP contribution in [0, 0.1) is 5.82 Å². The molecule has 0 fully saturated rings. The Balaban J connectivity index is 1.85. The van der Waals surface area contributed by atoms with Gasteiger partial charge in [-0.25, -0.2) is 4.39 Å². The number of methoxy groups -OCH3 is 1. The highest BCUT2D eigenvalue weighted by Crippen LogP contribution is 2.25. The normalized spacial score (nSPS) is 10.9. The SMILES string of the molecule is COc1nc2sccn2c1CNc1ccc(O)c(F)c1. The first-order chi connectivity index (χ1) is 9.69. The quantitative estimate of drug-likeness (QED) is 0.726. The molecule has 3 aromatic rings. The van der Waals surface area contributed by atoms with Crippen molar-refractivity contribution in [2.75, 3.05) is 12.4 Å². The number of anilines is 1. The van der Waals surface area contributed by atoms with Gasteiger partial charge in [-0.3, -0.25) is 4.40 Å². The van der Waals surface area contributed by atoms with Gasteiger partial charge >= 0.3 is 0 Å². The third-order valence-electron chi connectivity index (χ3n) is 2.93. The molecular weight excluding hydrogens is 281 g/mol. The van der Waals surface area contributed by atoms with Crippen molar-refractivity contribution in [2.45, 2.75) is 6.54 Å². The zero-order chi connectivity index (χ0) is 14.1. The molecule has 3 rings (SSSR count). The Labute approximate surface area is 118 Å². The van der Waals surface area contributed by atoms with Crippen LogP contribution in [0.2, 0.25) is 0 Å². The standard InChI is InChI=1S/C13H12FN3O2S/c1-19-12-10(17-4-5-20-13(17)16-12)7-15-8-2-3-11(18)9(14)6-8/h2-6,15,18H,7H2,1H3. The molecule has 0 amide bonds. The van der Waals surface area contributed by atoms with Crippen LogP contribution in [0.5, 0.6) is 11.6 Å². The topological polar surface area (TPSA) is 58.8 Å². The zero-order valence-electron chi connectivity index (χ0n) is 10.6. The Hall–Kier alpha value is -2.28. The molecule has 1 aromatic carbocycles. The molecule has 2 heterocycles. The van der Waals surface area contributed by atoms with Gasteiger partial charge in [0.15, 0.2) is 16.5 Å². The molecule has 2 aromatic heterocycles. The van der Waals surface area contributed by atoms with Crippen molar-refractivity contribution in [3.05, 3.63) is 41.3 Å². The summed E-state index contributed by atoms with van der Waals surface area (Å²) in [6.45, 7) is 0.436. The third-order valence-corrected chi connectivity index (χ3v) is 3.68. The van der Waals surface area contributed by atoms with Gasteiger partial charge in [0, 0.05) is 23.3 Å². The van der Waals surface area contributed by atoms with Gasteiger partial charge in [-0.1, -0.05) is 0 Å². The number of ether oxygens (including phenoxy) is 1. The number of rotatable bonds is 4. The van der Waals surface area contributed by atoms with E-state index in [4.69, 9.17) is 9.84 Å². The molecule has 0 aliphatic rings. The summed E-state index contributed by atoms with van der Waals surface area (Å²) in [5.41, 5.74) is 1.43. The van der Waals surface area contributed by atoms with Gasteiger partial charge in [0.1, 0.15) is 5.69 Å². The van der Waals surface area contributed by atoms with Crippen molar-refractivity contribution >= 4 is 22.0 Å². The van der Waals surface area contributed by atoms with Gasteiger partial charge in [0.25, 0.3) is 0 Å². The fourth-order valence-corrected chi connectivity index (χ4v) is 2.66. The van der Waals surface area contributed by atoms with E-state index in [2.05, 4.69) is 10.3 Å². The summed E-state index contributed by atoms with van der Waals surface area (Å²) < 4.78 is 20.4. The lowest BCUT2D eigenvalue weighted by Crippen LogP contribution is -2.04. The van der Waals surface area contributed by atoms with Gasteiger partial charge < -0.3 is 15.2 Å². The monoisotopic (exact) mass is 293 g/mol. The van der Waals surface area contributed by atoms with Crippen molar-refractivity contribution < 1.29 is 14.2 Å². The zero-order valence-corrected chi connectivity index (χ0v) is 11.4. The van der Waals surface area contributed by atoms with Crippen LogP contribution in [0.1, 0.15) is 5.69 Å². The molecule has 0 atom stereocenters. The van der Waals surface area contributed by atoms with Crippen molar-refractivity contribution in [3.63, 3.8) is 0 Å². The predicted octanol–water partition coefficient (Wildman–Crippen LogP) is 2.86. The van der Waals surface area contributed by atoms with Crippen LogP contribution in [0.15, 0.2) is 29.8 Å². The number of phenols is 1. The number of imidazole rings is 1. The van der Waals surface area contributed by atoms with Crippen molar-refractivity contribution in [3.8, 4) is 11.6 Å². The van der Waals surface area contributed by atoms with E-state index < -0.39 is 5.82 Å². The molecule has 7 heteroatoms. The number of benzene rings is 1. The number of halogens is 1. The second-order valence-electron chi connectivity index (χ2n) is 4.14. The van der Waals surface area contributed by atoms with Gasteiger partial charge in [-0.15, -0.1) is 11.3 Å². The summed E-state index contributed by atoms with van der Waals surface area (Å²) in [6, 6.07) is 4.16. The lowest BCUT2D eigenvalue weighted by atomic mass is 10.3. The molecule has 5 nitrogen and oxygen atoms in total. The highest BCUT2D eigenvalue weighted by Gasteiger charge is 2.13. The minimum Gasteiger partial charge on any atom is -0.505 e. The number of nitrogens with zero attached hydrogens (tertiary/aromatic N) is 2. The van der Waals surface area contributed by atoms with Crippen LogP contribution in [0.3, 0.4) is 0 Å². The first-order valence-electron chi connectivity index (χ1n) is 5.90. The Morgan fingerprint density at radius 3 is 3.10 bits per heavy atom. The van der Waals surface area contributed by atoms with Gasteiger partial charge in [-0.2, -0.15) is 4.98 Å². The van der Waals surface area contributed by atoms with E-state index in [1.807, 2.05) is 16.0 Å². The number of nitrogens with one attached hydrogen (secondary N) is 1. The number of hydrogen-bond donors (Lipinski definition) is 2. The molecule has 20 heavy (non-hydrogen) atoms. The van der Waals surface area contributed by atoms with Crippen molar-refractivity contribution in [2.24, 2.45) is 0 Å². The summed E-state index contributed by atoms with van der Waals surface area (Å²) >= 11 is 1.51. The van der Waals surface area contributed by atoms with Crippen LogP contribution in [-0.4, -0.2) is 21.6 Å². The molecule has 0 bridgehead atoms. The fourth-order valence-electron chi connectivity index (χ4n) is 1.94. The minimum absolute atomic E-state index is 0.363. The molecule has 0 spiro atoms. The number of aromatic nitrogens is 2. The Bertz CT molecular complexity index is 753. The molecule has 2 N–H and O–H groups in total. The molecule has 104 valence electrons. The van der Waals surface area contributed by atoms with Crippen LogP contribution in [-0.2, 0) is 6.54 Å². The number of phenolic OH excluding ortho intramolecular Hbond substituents is 1. The Morgan fingerprint density at radius 2 is 2.35 bits per heavy atom. The molecule has 0 aliphatic heterocycles. The summed E-state index contributed by atoms with van der Waals surface area (Å²) in [5, 5.41) is 14.2. The maximum absolute atomic E-state index is 13.3. The summed E-state index contributed by atoms with van der Waals surface area (Å²) in [5.74, 6) is -0.475. The smallest absolute Gasteiger partial charge is 0.238 e. The van der Waals surface area contributed by atoms with E-state index in [1.165, 1.54) is 23.5 Å². The first-order valence-corrected chi connectivity index (χ1v) is 6.78. The van der Waals surface area contributed by atoms with E-state index in [0.29, 0.717) is 18.1 Å². The van der Waals surface area contributed by atoms with Crippen LogP contribution < -0.4 is 10.1 Å². The lowest BCUT2D eigenvalue weighted by Gasteiger charge is -2.07. The summed E-state index contributed by atoms with van der Waals surface area (Å²) in [7, 11) is 1.57. The predicted molar refractivity (Wildman–Crippen MR) is 75.0 cm³/mol. The van der Waals surface area contributed by atoms with E-state index in [9.17, 15) is 4.39 Å². The van der Waals surface area contributed by atoms with Crippen LogP contribution in [0.4, 0.5) is 10.1 Å². The van der Waals surface area contributed by atoms with E-state index in [0.717, 1.165) is 10.7 Å². The Kier molecular flexibility index (Phi) is 3.19. The van der Waals surface area contributed by atoms with Gasteiger partial charge in [0.2, 0.25) is 5.88 Å². The van der Waals surface area contributed by atoms with E-state index in [1.54, 1.807) is 13.2 Å². The van der Waals surface area contributed by atoms with Crippen molar-refractivity contribution in [1.29, 1.82) is 0 Å².